The molecule has 98 valence electrons. The highest BCUT2D eigenvalue weighted by Crippen LogP contribution is 2.25. The van der Waals surface area contributed by atoms with E-state index in [2.05, 4.69) is 11.4 Å². The number of fused-ring (bicyclic) bond motifs is 1. The Labute approximate surface area is 108 Å². The Morgan fingerprint density at radius 2 is 2.28 bits per heavy atom. The van der Waals surface area contributed by atoms with Crippen LogP contribution in [0.1, 0.15) is 18.1 Å². The quantitative estimate of drug-likeness (QED) is 0.870. The van der Waals surface area contributed by atoms with Crippen molar-refractivity contribution < 1.29 is 9.53 Å². The van der Waals surface area contributed by atoms with Crippen molar-refractivity contribution >= 4 is 5.91 Å². The lowest BCUT2D eigenvalue weighted by atomic mass is 10.1. The first-order valence-corrected chi connectivity index (χ1v) is 6.27. The minimum atomic E-state index is -0.162. The van der Waals surface area contributed by atoms with Crippen molar-refractivity contribution in [1.82, 2.24) is 10.2 Å². The fourth-order valence-corrected chi connectivity index (χ4v) is 2.10. The summed E-state index contributed by atoms with van der Waals surface area (Å²) < 4.78 is 5.47. The van der Waals surface area contributed by atoms with E-state index in [-0.39, 0.29) is 11.9 Å². The normalized spacial score (nSPS) is 14.8. The van der Waals surface area contributed by atoms with Crippen molar-refractivity contribution in [3.8, 4) is 5.75 Å². The smallest absolute Gasteiger partial charge is 0.238 e. The Morgan fingerprint density at radius 3 is 3.00 bits per heavy atom. The largest absolute Gasteiger partial charge is 0.493 e. The number of ether oxygens (including phenoxy) is 1. The van der Waals surface area contributed by atoms with Gasteiger partial charge in [-0.15, -0.1) is 0 Å². The number of carbonyl (C=O) groups excluding carboxylic acids is 1. The van der Waals surface area contributed by atoms with Crippen molar-refractivity contribution in [2.75, 3.05) is 20.7 Å². The van der Waals surface area contributed by atoms with Crippen molar-refractivity contribution in [2.24, 2.45) is 0 Å². The number of rotatable bonds is 4. The van der Waals surface area contributed by atoms with Gasteiger partial charge in [-0.25, -0.2) is 0 Å². The number of nitrogens with zero attached hydrogens (tertiary/aromatic N) is 1. The van der Waals surface area contributed by atoms with Crippen LogP contribution in [-0.4, -0.2) is 37.6 Å². The molecule has 0 saturated heterocycles. The minimum absolute atomic E-state index is 0.0968. The molecule has 0 fully saturated rings. The maximum Gasteiger partial charge on any atom is 0.238 e. The molecule has 0 bridgehead atoms. The summed E-state index contributed by atoms with van der Waals surface area (Å²) in [6.45, 7) is 3.37. The van der Waals surface area contributed by atoms with Crippen LogP contribution >= 0.6 is 0 Å². The molecule has 1 atom stereocenters. The number of benzene rings is 1. The molecular formula is C14H20N2O2. The van der Waals surface area contributed by atoms with E-state index in [0.29, 0.717) is 6.54 Å². The van der Waals surface area contributed by atoms with Crippen LogP contribution in [0, 0.1) is 0 Å². The van der Waals surface area contributed by atoms with Gasteiger partial charge in [0.25, 0.3) is 0 Å². The van der Waals surface area contributed by atoms with Gasteiger partial charge >= 0.3 is 0 Å². The van der Waals surface area contributed by atoms with Gasteiger partial charge in [0, 0.05) is 27.1 Å². The number of likely N-dealkylation sites (N-methyl/N-ethyl adjacent to an activating group) is 1. The van der Waals surface area contributed by atoms with Crippen LogP contribution in [0.15, 0.2) is 18.2 Å². The molecule has 2 rings (SSSR count). The highest BCUT2D eigenvalue weighted by molar-refractivity contribution is 5.80. The fraction of sp³-hybridized carbons (Fsp3) is 0.500. The summed E-state index contributed by atoms with van der Waals surface area (Å²) >= 11 is 0. The van der Waals surface area contributed by atoms with Crippen LogP contribution < -0.4 is 10.1 Å². The first kappa shape index (κ1) is 12.9. The predicted octanol–water partition coefficient (Wildman–Crippen LogP) is 1.19. The molecule has 4 nitrogen and oxygen atoms in total. The lowest BCUT2D eigenvalue weighted by molar-refractivity contribution is -0.130. The van der Waals surface area contributed by atoms with Crippen molar-refractivity contribution in [2.45, 2.75) is 25.9 Å². The average molecular weight is 248 g/mol. The maximum atomic E-state index is 11.7. The highest BCUT2D eigenvalue weighted by atomic mass is 16.5. The zero-order chi connectivity index (χ0) is 13.1. The third-order valence-corrected chi connectivity index (χ3v) is 3.18. The summed E-state index contributed by atoms with van der Waals surface area (Å²) in [4.78, 5) is 13.3. The summed E-state index contributed by atoms with van der Waals surface area (Å²) in [6.07, 6.45) is 0.982. The molecular weight excluding hydrogens is 228 g/mol. The number of carbonyl (C=O) groups is 1. The van der Waals surface area contributed by atoms with E-state index in [4.69, 9.17) is 4.74 Å². The van der Waals surface area contributed by atoms with E-state index < -0.39 is 0 Å². The van der Waals surface area contributed by atoms with E-state index in [1.165, 1.54) is 11.1 Å². The zero-order valence-electron chi connectivity index (χ0n) is 11.2. The van der Waals surface area contributed by atoms with Crippen molar-refractivity contribution in [3.05, 3.63) is 29.3 Å². The van der Waals surface area contributed by atoms with Crippen molar-refractivity contribution in [3.63, 3.8) is 0 Å². The third-order valence-electron chi connectivity index (χ3n) is 3.18. The predicted molar refractivity (Wildman–Crippen MR) is 70.6 cm³/mol. The molecule has 0 aromatic heterocycles. The monoisotopic (exact) mass is 248 g/mol. The Kier molecular flexibility index (Phi) is 3.87. The lowest BCUT2D eigenvalue weighted by Gasteiger charge is -2.18. The number of hydrogen-bond acceptors (Lipinski definition) is 3. The molecule has 0 spiro atoms. The summed E-state index contributed by atoms with van der Waals surface area (Å²) in [6, 6.07) is 6.05. The van der Waals surface area contributed by atoms with Gasteiger partial charge in [0.1, 0.15) is 5.75 Å². The van der Waals surface area contributed by atoms with Crippen LogP contribution in [-0.2, 0) is 17.8 Å². The topological polar surface area (TPSA) is 41.6 Å². The Balaban J connectivity index is 1.92. The lowest BCUT2D eigenvalue weighted by Crippen LogP contribution is -2.41. The van der Waals surface area contributed by atoms with Gasteiger partial charge in [-0.1, -0.05) is 12.1 Å². The van der Waals surface area contributed by atoms with Gasteiger partial charge < -0.3 is 15.0 Å². The first-order chi connectivity index (χ1) is 8.58. The molecule has 1 aromatic carbocycles. The van der Waals surface area contributed by atoms with Gasteiger partial charge in [-0.3, -0.25) is 4.79 Å². The molecule has 1 aliphatic rings. The molecule has 1 amide bonds. The second-order valence-corrected chi connectivity index (χ2v) is 4.88. The molecule has 1 aliphatic heterocycles. The van der Waals surface area contributed by atoms with Gasteiger partial charge in [-0.05, 0) is 24.1 Å². The summed E-state index contributed by atoms with van der Waals surface area (Å²) in [7, 11) is 3.54. The Hall–Kier alpha value is -1.55. The molecule has 1 N–H and O–H groups in total. The zero-order valence-corrected chi connectivity index (χ0v) is 11.2. The summed E-state index contributed by atoms with van der Waals surface area (Å²) in [5.41, 5.74) is 2.46. The molecule has 1 heterocycles. The van der Waals surface area contributed by atoms with Crippen LogP contribution in [0.25, 0.3) is 0 Å². The average Bonchev–Trinajstić information content (AvgIpc) is 2.82. The number of nitrogens with one attached hydrogen (secondary N) is 1. The molecule has 0 saturated carbocycles. The number of hydrogen-bond donors (Lipinski definition) is 1. The van der Waals surface area contributed by atoms with Crippen LogP contribution in [0.5, 0.6) is 5.75 Å². The minimum Gasteiger partial charge on any atom is -0.493 e. The van der Waals surface area contributed by atoms with E-state index in [1.54, 1.807) is 19.0 Å². The second-order valence-electron chi connectivity index (χ2n) is 4.88. The highest BCUT2D eigenvalue weighted by Gasteiger charge is 2.15. The summed E-state index contributed by atoms with van der Waals surface area (Å²) in [5, 5.41) is 3.24. The molecule has 0 radical (unpaired) electrons. The van der Waals surface area contributed by atoms with E-state index in [1.807, 2.05) is 19.1 Å². The molecule has 0 aliphatic carbocycles. The molecule has 18 heavy (non-hydrogen) atoms. The van der Waals surface area contributed by atoms with Gasteiger partial charge in [-0.2, -0.15) is 0 Å². The van der Waals surface area contributed by atoms with Gasteiger partial charge in [0.05, 0.1) is 12.6 Å². The van der Waals surface area contributed by atoms with E-state index >= 15 is 0 Å². The number of amides is 1. The van der Waals surface area contributed by atoms with Crippen LogP contribution in [0.2, 0.25) is 0 Å². The standard InChI is InChI=1S/C14H20N2O2/c1-10(14(17)16(2)3)15-9-11-4-5-13-12(8-11)6-7-18-13/h4-5,8,10,15H,6-7,9H2,1-3H3. The Morgan fingerprint density at radius 1 is 1.50 bits per heavy atom. The summed E-state index contributed by atoms with van der Waals surface area (Å²) in [5.74, 6) is 1.09. The fourth-order valence-electron chi connectivity index (χ4n) is 2.10. The SMILES string of the molecule is CC(NCc1ccc2c(c1)CCO2)C(=O)N(C)C. The van der Waals surface area contributed by atoms with E-state index in [9.17, 15) is 4.79 Å². The van der Waals surface area contributed by atoms with Gasteiger partial charge in [0.15, 0.2) is 0 Å². The first-order valence-electron chi connectivity index (χ1n) is 6.27. The van der Waals surface area contributed by atoms with E-state index in [0.717, 1.165) is 18.8 Å². The molecule has 1 aromatic rings. The van der Waals surface area contributed by atoms with Crippen LogP contribution in [0.3, 0.4) is 0 Å². The molecule has 4 heteroatoms. The molecule has 1 unspecified atom stereocenters. The second kappa shape index (κ2) is 5.40. The Bertz CT molecular complexity index is 443. The van der Waals surface area contributed by atoms with Gasteiger partial charge in [0.2, 0.25) is 5.91 Å². The van der Waals surface area contributed by atoms with Crippen molar-refractivity contribution in [1.29, 1.82) is 0 Å². The third kappa shape index (κ3) is 2.82. The maximum absolute atomic E-state index is 11.7. The van der Waals surface area contributed by atoms with Crippen LogP contribution in [0.4, 0.5) is 0 Å².